The molecule has 3 rings (SSSR count). The molecule has 134 valence electrons. The van der Waals surface area contributed by atoms with Crippen molar-refractivity contribution in [3.05, 3.63) is 46.0 Å². The van der Waals surface area contributed by atoms with Gasteiger partial charge in [0.1, 0.15) is 0 Å². The molecule has 3 heterocycles. The minimum Gasteiger partial charge on any atom is -0.340 e. The predicted octanol–water partition coefficient (Wildman–Crippen LogP) is 0.700. The molecule has 0 saturated carbocycles. The van der Waals surface area contributed by atoms with Crippen molar-refractivity contribution < 1.29 is 9.32 Å². The zero-order chi connectivity index (χ0) is 18.0. The molecule has 0 radical (unpaired) electrons. The summed E-state index contributed by atoms with van der Waals surface area (Å²) in [6.07, 6.45) is 2.67. The van der Waals surface area contributed by atoms with Crippen molar-refractivity contribution in [2.45, 2.75) is 39.4 Å². The summed E-state index contributed by atoms with van der Waals surface area (Å²) in [5.41, 5.74) is 0.984. The summed E-state index contributed by atoms with van der Waals surface area (Å²) in [5, 5.41) is 3.88. The summed E-state index contributed by atoms with van der Waals surface area (Å²) in [7, 11) is 1.74. The molecule has 1 unspecified atom stereocenters. The molecule has 0 aromatic carbocycles. The highest BCUT2D eigenvalue weighted by atomic mass is 16.5. The number of nitrogens with zero attached hydrogens (tertiary/aromatic N) is 5. The third kappa shape index (κ3) is 4.14. The molecule has 1 aliphatic heterocycles. The van der Waals surface area contributed by atoms with Crippen LogP contribution in [-0.4, -0.2) is 49.5 Å². The lowest BCUT2D eigenvalue weighted by Crippen LogP contribution is -2.40. The number of carbonyl (C=O) groups is 1. The summed E-state index contributed by atoms with van der Waals surface area (Å²) >= 11 is 0. The van der Waals surface area contributed by atoms with Crippen LogP contribution in [0, 0.1) is 6.92 Å². The van der Waals surface area contributed by atoms with E-state index in [4.69, 9.17) is 4.52 Å². The van der Waals surface area contributed by atoms with Gasteiger partial charge in [-0.2, -0.15) is 4.98 Å². The molecule has 0 N–H and O–H groups in total. The molecule has 0 aliphatic carbocycles. The Morgan fingerprint density at radius 1 is 1.48 bits per heavy atom. The zero-order valence-corrected chi connectivity index (χ0v) is 14.8. The molecule has 0 spiro atoms. The van der Waals surface area contributed by atoms with E-state index < -0.39 is 0 Å². The van der Waals surface area contributed by atoms with E-state index in [0.717, 1.165) is 25.1 Å². The number of hydrogen-bond acceptors (Lipinski definition) is 6. The number of aromatic nitrogens is 3. The highest BCUT2D eigenvalue weighted by molar-refractivity contribution is 5.73. The van der Waals surface area contributed by atoms with Crippen molar-refractivity contribution >= 4 is 5.91 Å². The first kappa shape index (κ1) is 17.3. The van der Waals surface area contributed by atoms with Gasteiger partial charge in [-0.25, -0.2) is 0 Å². The molecular formula is C17H23N5O3. The van der Waals surface area contributed by atoms with E-state index in [0.29, 0.717) is 24.8 Å². The lowest BCUT2D eigenvalue weighted by molar-refractivity contribution is -0.131. The topological polar surface area (TPSA) is 84.5 Å². The fraction of sp³-hybridized carbons (Fsp3) is 0.529. The lowest BCUT2D eigenvalue weighted by atomic mass is 10.2. The van der Waals surface area contributed by atoms with Gasteiger partial charge in [-0.05, 0) is 18.1 Å². The van der Waals surface area contributed by atoms with E-state index in [1.54, 1.807) is 42.6 Å². The standard InChI is InChI=1S/C17H23N5O3/c1-12-18-16(19-25-12)11-22(13(2)23)15-5-7-21(10-15)9-14-4-6-20(3)17(24)8-14/h4,6,8,15H,5,7,9-11H2,1-3H3. The van der Waals surface area contributed by atoms with Crippen molar-refractivity contribution in [2.24, 2.45) is 7.05 Å². The van der Waals surface area contributed by atoms with Gasteiger partial charge in [0.2, 0.25) is 11.8 Å². The Labute approximate surface area is 146 Å². The largest absolute Gasteiger partial charge is 0.340 e. The van der Waals surface area contributed by atoms with E-state index in [-0.39, 0.29) is 17.5 Å². The molecule has 1 saturated heterocycles. The van der Waals surface area contributed by atoms with Crippen LogP contribution in [0.4, 0.5) is 0 Å². The Morgan fingerprint density at radius 2 is 2.28 bits per heavy atom. The molecule has 8 nitrogen and oxygen atoms in total. The van der Waals surface area contributed by atoms with Gasteiger partial charge in [0, 0.05) is 58.8 Å². The van der Waals surface area contributed by atoms with Crippen molar-refractivity contribution in [2.75, 3.05) is 13.1 Å². The molecule has 1 atom stereocenters. The molecule has 25 heavy (non-hydrogen) atoms. The molecule has 0 bridgehead atoms. The van der Waals surface area contributed by atoms with Crippen LogP contribution in [0.2, 0.25) is 0 Å². The number of aryl methyl sites for hydroxylation is 2. The second-order valence-electron chi connectivity index (χ2n) is 6.54. The smallest absolute Gasteiger partial charge is 0.250 e. The van der Waals surface area contributed by atoms with Gasteiger partial charge < -0.3 is 14.0 Å². The first-order chi connectivity index (χ1) is 11.9. The first-order valence-electron chi connectivity index (χ1n) is 8.36. The van der Waals surface area contributed by atoms with Crippen LogP contribution in [0.3, 0.4) is 0 Å². The zero-order valence-electron chi connectivity index (χ0n) is 14.8. The molecular weight excluding hydrogens is 322 g/mol. The molecule has 1 amide bonds. The normalized spacial score (nSPS) is 17.8. The van der Waals surface area contributed by atoms with E-state index in [2.05, 4.69) is 15.0 Å². The van der Waals surface area contributed by atoms with Crippen LogP contribution in [0.1, 0.15) is 30.6 Å². The maximum atomic E-state index is 12.1. The Morgan fingerprint density at radius 3 is 2.92 bits per heavy atom. The van der Waals surface area contributed by atoms with Gasteiger partial charge in [0.25, 0.3) is 5.56 Å². The Hall–Kier alpha value is -2.48. The maximum Gasteiger partial charge on any atom is 0.250 e. The maximum absolute atomic E-state index is 12.1. The monoisotopic (exact) mass is 345 g/mol. The summed E-state index contributed by atoms with van der Waals surface area (Å²) < 4.78 is 6.54. The van der Waals surface area contributed by atoms with Gasteiger partial charge in [0.15, 0.2) is 5.82 Å². The number of amides is 1. The average molecular weight is 345 g/mol. The summed E-state index contributed by atoms with van der Waals surface area (Å²) in [6.45, 7) is 6.02. The summed E-state index contributed by atoms with van der Waals surface area (Å²) in [5.74, 6) is 1.03. The number of pyridine rings is 1. The summed E-state index contributed by atoms with van der Waals surface area (Å²) in [4.78, 5) is 32.1. The minimum absolute atomic E-state index is 0.00267. The Bertz CT molecular complexity index is 813. The lowest BCUT2D eigenvalue weighted by Gasteiger charge is -2.27. The number of hydrogen-bond donors (Lipinski definition) is 0. The summed E-state index contributed by atoms with van der Waals surface area (Å²) in [6, 6.07) is 3.74. The molecule has 8 heteroatoms. The fourth-order valence-corrected chi connectivity index (χ4v) is 3.21. The molecule has 1 aliphatic rings. The fourth-order valence-electron chi connectivity index (χ4n) is 3.21. The van der Waals surface area contributed by atoms with E-state index in [1.165, 1.54) is 0 Å². The third-order valence-electron chi connectivity index (χ3n) is 4.55. The minimum atomic E-state index is -0.00825. The highest BCUT2D eigenvalue weighted by Crippen LogP contribution is 2.19. The second kappa shape index (κ2) is 7.18. The van der Waals surface area contributed by atoms with Gasteiger partial charge in [-0.1, -0.05) is 5.16 Å². The molecule has 1 fully saturated rings. The van der Waals surface area contributed by atoms with E-state index >= 15 is 0 Å². The second-order valence-corrected chi connectivity index (χ2v) is 6.54. The van der Waals surface area contributed by atoms with Crippen molar-refractivity contribution in [3.8, 4) is 0 Å². The van der Waals surface area contributed by atoms with E-state index in [9.17, 15) is 9.59 Å². The number of carbonyl (C=O) groups excluding carboxylic acids is 1. The number of rotatable bonds is 5. The van der Waals surface area contributed by atoms with Crippen molar-refractivity contribution in [1.29, 1.82) is 0 Å². The quantitative estimate of drug-likeness (QED) is 0.793. The third-order valence-corrected chi connectivity index (χ3v) is 4.55. The number of likely N-dealkylation sites (tertiary alicyclic amines) is 1. The van der Waals surface area contributed by atoms with Gasteiger partial charge in [-0.15, -0.1) is 0 Å². The van der Waals surface area contributed by atoms with Gasteiger partial charge in [0.05, 0.1) is 6.54 Å². The SMILES string of the molecule is CC(=O)N(Cc1noc(C)n1)C1CCN(Cc2ccn(C)c(=O)c2)C1. The van der Waals surface area contributed by atoms with Crippen LogP contribution >= 0.6 is 0 Å². The van der Waals surface area contributed by atoms with Crippen LogP contribution < -0.4 is 5.56 Å². The molecule has 2 aromatic heterocycles. The Kier molecular flexibility index (Phi) is 4.98. The van der Waals surface area contributed by atoms with Gasteiger partial charge in [-0.3, -0.25) is 14.5 Å². The van der Waals surface area contributed by atoms with Crippen LogP contribution in [0.15, 0.2) is 27.6 Å². The average Bonchev–Trinajstić information content (AvgIpc) is 3.17. The van der Waals surface area contributed by atoms with Crippen molar-refractivity contribution in [1.82, 2.24) is 24.5 Å². The Balaban J connectivity index is 1.64. The first-order valence-corrected chi connectivity index (χ1v) is 8.36. The molecule has 2 aromatic rings. The van der Waals surface area contributed by atoms with Crippen LogP contribution in [-0.2, 0) is 24.9 Å². The van der Waals surface area contributed by atoms with Crippen LogP contribution in [0.25, 0.3) is 0 Å². The predicted molar refractivity (Wildman–Crippen MR) is 90.6 cm³/mol. The highest BCUT2D eigenvalue weighted by Gasteiger charge is 2.30. The van der Waals surface area contributed by atoms with Crippen LogP contribution in [0.5, 0.6) is 0 Å². The van der Waals surface area contributed by atoms with Crippen molar-refractivity contribution in [3.63, 3.8) is 0 Å². The van der Waals surface area contributed by atoms with Gasteiger partial charge >= 0.3 is 0 Å². The van der Waals surface area contributed by atoms with E-state index in [1.807, 2.05) is 6.07 Å².